The van der Waals surface area contributed by atoms with Crippen LogP contribution in [0.15, 0.2) is 0 Å². The minimum atomic E-state index is -3.61. The van der Waals surface area contributed by atoms with Crippen LogP contribution in [0.25, 0.3) is 0 Å². The first-order valence-corrected chi connectivity index (χ1v) is 7.44. The van der Waals surface area contributed by atoms with Crippen LogP contribution in [0.2, 0.25) is 0 Å². The van der Waals surface area contributed by atoms with E-state index in [4.69, 9.17) is 5.11 Å². The van der Waals surface area contributed by atoms with E-state index in [1.165, 1.54) is 0 Å². The zero-order valence-corrected chi connectivity index (χ0v) is 11.5. The van der Waals surface area contributed by atoms with Gasteiger partial charge in [0, 0.05) is 26.1 Å². The van der Waals surface area contributed by atoms with Gasteiger partial charge in [-0.1, -0.05) is 0 Å². The average molecular weight is 280 g/mol. The number of carboxylic acids is 1. The molecule has 0 aliphatic heterocycles. The van der Waals surface area contributed by atoms with Crippen molar-refractivity contribution in [3.63, 3.8) is 0 Å². The normalized spacial score (nSPS) is 11.2. The molecule has 0 heterocycles. The maximum absolute atomic E-state index is 11.6. The van der Waals surface area contributed by atoms with Crippen molar-refractivity contribution in [1.29, 1.82) is 0 Å². The second-order valence-electron chi connectivity index (χ2n) is 3.67. The van der Waals surface area contributed by atoms with Crippen LogP contribution in [0.3, 0.4) is 0 Å². The Morgan fingerprint density at radius 1 is 1.17 bits per heavy atom. The van der Waals surface area contributed by atoms with Gasteiger partial charge in [0.1, 0.15) is 0 Å². The van der Waals surface area contributed by atoms with Crippen LogP contribution in [0.1, 0.15) is 26.7 Å². The number of aliphatic carboxylic acids is 1. The van der Waals surface area contributed by atoms with Crippen LogP contribution in [0.4, 0.5) is 0 Å². The summed E-state index contributed by atoms with van der Waals surface area (Å²) < 4.78 is 24.9. The minimum Gasteiger partial charge on any atom is -0.481 e. The zero-order chi connectivity index (χ0) is 14.2. The Morgan fingerprint density at radius 2 is 1.72 bits per heavy atom. The third-order valence-corrected chi connectivity index (χ3v) is 3.75. The minimum absolute atomic E-state index is 0.00269. The predicted molar refractivity (Wildman–Crippen MR) is 66.6 cm³/mol. The van der Waals surface area contributed by atoms with E-state index in [9.17, 15) is 18.0 Å². The first-order valence-electron chi connectivity index (χ1n) is 5.79. The summed E-state index contributed by atoms with van der Waals surface area (Å²) in [6.45, 7) is 4.86. The first-order chi connectivity index (χ1) is 8.32. The van der Waals surface area contributed by atoms with Crippen LogP contribution in [-0.4, -0.2) is 55.7 Å². The summed E-state index contributed by atoms with van der Waals surface area (Å²) in [6.07, 6.45) is -0.368. The molecule has 106 valence electrons. The SMILES string of the molecule is CCN(CC)C(=O)CCNS(=O)(=O)CCC(=O)O. The smallest absolute Gasteiger partial charge is 0.304 e. The maximum atomic E-state index is 11.6. The quantitative estimate of drug-likeness (QED) is 0.600. The molecule has 2 N–H and O–H groups in total. The molecule has 0 saturated carbocycles. The van der Waals surface area contributed by atoms with Gasteiger partial charge in [-0.25, -0.2) is 13.1 Å². The zero-order valence-electron chi connectivity index (χ0n) is 10.7. The number of carboxylic acid groups (broad SMARTS) is 1. The lowest BCUT2D eigenvalue weighted by molar-refractivity contribution is -0.136. The summed E-state index contributed by atoms with van der Waals surface area (Å²) in [5, 5.41) is 8.37. The topological polar surface area (TPSA) is 104 Å². The maximum Gasteiger partial charge on any atom is 0.304 e. The first kappa shape index (κ1) is 16.9. The summed E-state index contributed by atoms with van der Waals surface area (Å²) in [5.41, 5.74) is 0. The molecule has 18 heavy (non-hydrogen) atoms. The molecule has 0 unspecified atom stereocenters. The van der Waals surface area contributed by atoms with Gasteiger partial charge in [-0.3, -0.25) is 9.59 Å². The third-order valence-electron chi connectivity index (χ3n) is 2.36. The highest BCUT2D eigenvalue weighted by Gasteiger charge is 2.14. The Morgan fingerprint density at radius 3 is 2.17 bits per heavy atom. The van der Waals surface area contributed by atoms with E-state index in [1.54, 1.807) is 4.90 Å². The van der Waals surface area contributed by atoms with Crippen molar-refractivity contribution in [3.8, 4) is 0 Å². The molecular formula is C10H20N2O5S. The molecular weight excluding hydrogens is 260 g/mol. The lowest BCUT2D eigenvalue weighted by Crippen LogP contribution is -2.35. The molecule has 0 saturated heterocycles. The number of rotatable bonds is 9. The molecule has 7 nitrogen and oxygen atoms in total. The lowest BCUT2D eigenvalue weighted by Gasteiger charge is -2.18. The molecule has 0 aromatic carbocycles. The fourth-order valence-electron chi connectivity index (χ4n) is 1.34. The Hall–Kier alpha value is -1.15. The summed E-state index contributed by atoms with van der Waals surface area (Å²) in [7, 11) is -3.61. The Labute approximate surface area is 107 Å². The van der Waals surface area contributed by atoms with Crippen LogP contribution in [-0.2, 0) is 19.6 Å². The monoisotopic (exact) mass is 280 g/mol. The summed E-state index contributed by atoms with van der Waals surface area (Å²) in [5.74, 6) is -1.76. The van der Waals surface area contributed by atoms with Gasteiger partial charge in [-0.15, -0.1) is 0 Å². The number of nitrogens with one attached hydrogen (secondary N) is 1. The predicted octanol–water partition coefficient (Wildman–Crippen LogP) is -0.361. The van der Waals surface area contributed by atoms with Gasteiger partial charge >= 0.3 is 5.97 Å². The van der Waals surface area contributed by atoms with Crippen molar-refractivity contribution in [3.05, 3.63) is 0 Å². The molecule has 0 fully saturated rings. The highest BCUT2D eigenvalue weighted by atomic mass is 32.2. The van der Waals surface area contributed by atoms with E-state index < -0.39 is 28.2 Å². The van der Waals surface area contributed by atoms with E-state index in [-0.39, 0.29) is 18.9 Å². The van der Waals surface area contributed by atoms with Gasteiger partial charge < -0.3 is 10.0 Å². The van der Waals surface area contributed by atoms with Crippen LogP contribution in [0.5, 0.6) is 0 Å². The van der Waals surface area contributed by atoms with Crippen LogP contribution < -0.4 is 4.72 Å². The molecule has 0 aliphatic rings. The standard InChI is InChI=1S/C10H20N2O5S/c1-3-12(4-2)9(13)5-7-11-18(16,17)8-6-10(14)15/h11H,3-8H2,1-2H3,(H,14,15). The summed E-state index contributed by atoms with van der Waals surface area (Å²) in [4.78, 5) is 23.4. The number of nitrogens with zero attached hydrogens (tertiary/aromatic N) is 1. The van der Waals surface area contributed by atoms with Crippen molar-refractivity contribution < 1.29 is 23.1 Å². The molecule has 0 radical (unpaired) electrons. The van der Waals surface area contributed by atoms with Crippen molar-refractivity contribution in [2.75, 3.05) is 25.4 Å². The van der Waals surface area contributed by atoms with E-state index in [0.717, 1.165) is 0 Å². The van der Waals surface area contributed by atoms with Crippen LogP contribution >= 0.6 is 0 Å². The van der Waals surface area contributed by atoms with Gasteiger partial charge in [0.25, 0.3) is 0 Å². The number of hydrogen-bond donors (Lipinski definition) is 2. The largest absolute Gasteiger partial charge is 0.481 e. The van der Waals surface area contributed by atoms with Crippen molar-refractivity contribution >= 4 is 21.9 Å². The fourth-order valence-corrected chi connectivity index (χ4v) is 2.34. The molecule has 0 aromatic rings. The number of amides is 1. The van der Waals surface area contributed by atoms with Gasteiger partial charge in [0.2, 0.25) is 15.9 Å². The summed E-state index contributed by atoms with van der Waals surface area (Å²) >= 11 is 0. The number of hydrogen-bond acceptors (Lipinski definition) is 4. The number of carbonyl (C=O) groups excluding carboxylic acids is 1. The Kier molecular flexibility index (Phi) is 7.53. The molecule has 0 aromatic heterocycles. The van der Waals surface area contributed by atoms with Crippen molar-refractivity contribution in [1.82, 2.24) is 9.62 Å². The van der Waals surface area contributed by atoms with E-state index in [1.807, 2.05) is 13.8 Å². The van der Waals surface area contributed by atoms with Crippen LogP contribution in [0, 0.1) is 0 Å². The molecule has 0 aliphatic carbocycles. The van der Waals surface area contributed by atoms with Gasteiger partial charge in [0.05, 0.1) is 12.2 Å². The molecule has 8 heteroatoms. The highest BCUT2D eigenvalue weighted by Crippen LogP contribution is 1.95. The van der Waals surface area contributed by atoms with E-state index in [2.05, 4.69) is 4.72 Å². The molecule has 1 amide bonds. The third kappa shape index (κ3) is 7.23. The molecule has 0 rings (SSSR count). The summed E-state index contributed by atoms with van der Waals surface area (Å²) in [6, 6.07) is 0. The molecule has 0 bridgehead atoms. The fraction of sp³-hybridized carbons (Fsp3) is 0.800. The molecule has 0 atom stereocenters. The Balaban J connectivity index is 4.03. The van der Waals surface area contributed by atoms with E-state index >= 15 is 0 Å². The van der Waals surface area contributed by atoms with Gasteiger partial charge in [0.15, 0.2) is 0 Å². The lowest BCUT2D eigenvalue weighted by atomic mass is 10.3. The van der Waals surface area contributed by atoms with E-state index in [0.29, 0.717) is 13.1 Å². The van der Waals surface area contributed by atoms with Gasteiger partial charge in [-0.05, 0) is 13.8 Å². The number of carbonyl (C=O) groups is 2. The van der Waals surface area contributed by atoms with Crippen molar-refractivity contribution in [2.45, 2.75) is 26.7 Å². The Bertz CT molecular complexity index is 376. The van der Waals surface area contributed by atoms with Crippen molar-refractivity contribution in [2.24, 2.45) is 0 Å². The average Bonchev–Trinajstić information content (AvgIpc) is 2.28. The second kappa shape index (κ2) is 8.04. The molecule has 0 spiro atoms. The van der Waals surface area contributed by atoms with Gasteiger partial charge in [-0.2, -0.15) is 0 Å². The second-order valence-corrected chi connectivity index (χ2v) is 5.60. The number of sulfonamides is 1. The highest BCUT2D eigenvalue weighted by molar-refractivity contribution is 7.89.